The van der Waals surface area contributed by atoms with Gasteiger partial charge in [-0.2, -0.15) is 8.42 Å². The molecular weight excluding hydrogens is 508 g/mol. The average Bonchev–Trinajstić information content (AvgIpc) is 3.11. The van der Waals surface area contributed by atoms with Crippen LogP contribution in [-0.4, -0.2) is 83.6 Å². The van der Waals surface area contributed by atoms with E-state index >= 15 is 0 Å². The first-order valence-electron chi connectivity index (χ1n) is 12.1. The fourth-order valence-corrected chi connectivity index (χ4v) is 4.18. The zero-order valence-corrected chi connectivity index (χ0v) is 22.3. The second-order valence-electron chi connectivity index (χ2n) is 9.12. The molecule has 4 N–H and O–H groups in total. The molecule has 1 rings (SSSR count). The van der Waals surface area contributed by atoms with Crippen LogP contribution in [0, 0.1) is 5.92 Å². The van der Waals surface area contributed by atoms with Gasteiger partial charge in [-0.25, -0.2) is 0 Å². The maximum Gasteiger partial charge on any atom is 0.267 e. The number of nitrogens with one attached hydrogen (secondary N) is 3. The van der Waals surface area contributed by atoms with Gasteiger partial charge in [-0.15, -0.1) is 0 Å². The number of carbonyl (C=O) groups excluding carboxylic acids is 6. The van der Waals surface area contributed by atoms with Gasteiger partial charge in [0.15, 0.2) is 5.78 Å². The Morgan fingerprint density at radius 3 is 2.03 bits per heavy atom. The SMILES string of the molecule is CCC(=O)[C@H](C)NC(=O)[C@@H](NC(=O)[C@H](CS(=O)(=O)O)NC(=O)CCCCCN1C(=O)C=CC1=O)C(C)C. The van der Waals surface area contributed by atoms with Crippen molar-refractivity contribution in [3.8, 4) is 0 Å². The Hall–Kier alpha value is -3.13. The topological polar surface area (TPSA) is 196 Å². The van der Waals surface area contributed by atoms with E-state index in [2.05, 4.69) is 16.0 Å². The standard InChI is InChI=1S/C23H36N4O9S/c1-5-17(28)15(4)24-23(33)21(14(2)3)26-22(32)16(13-37(34,35)36)25-18(29)9-7-6-8-12-27-19(30)10-11-20(27)31/h10-11,14-16,21H,5-9,12-13H2,1-4H3,(H,24,33)(H,25,29)(H,26,32)(H,34,35,36)/t15-,16-,21-/m0/s1. The Bertz CT molecular complexity index is 1010. The van der Waals surface area contributed by atoms with Crippen molar-refractivity contribution in [1.82, 2.24) is 20.9 Å². The normalized spacial score (nSPS) is 15.9. The number of unbranched alkanes of at least 4 members (excludes halogenated alkanes) is 2. The molecule has 3 atom stereocenters. The van der Waals surface area contributed by atoms with Crippen molar-refractivity contribution in [3.63, 3.8) is 0 Å². The predicted molar refractivity (Wildman–Crippen MR) is 132 cm³/mol. The van der Waals surface area contributed by atoms with Gasteiger partial charge in [0.05, 0.1) is 6.04 Å². The number of nitrogens with zero attached hydrogens (tertiary/aromatic N) is 1. The van der Waals surface area contributed by atoms with Crippen molar-refractivity contribution in [2.45, 2.75) is 77.9 Å². The molecule has 0 saturated carbocycles. The van der Waals surface area contributed by atoms with Gasteiger partial charge in [0.25, 0.3) is 21.9 Å². The molecule has 1 heterocycles. The van der Waals surface area contributed by atoms with Crippen molar-refractivity contribution >= 4 is 45.4 Å². The molecule has 5 amide bonds. The minimum Gasteiger partial charge on any atom is -0.345 e. The van der Waals surface area contributed by atoms with Crippen LogP contribution >= 0.6 is 0 Å². The van der Waals surface area contributed by atoms with Gasteiger partial charge in [0.1, 0.15) is 17.8 Å². The van der Waals surface area contributed by atoms with Crippen LogP contribution in [0.3, 0.4) is 0 Å². The summed E-state index contributed by atoms with van der Waals surface area (Å²) in [5, 5.41) is 7.16. The van der Waals surface area contributed by atoms with Crippen LogP contribution in [0.5, 0.6) is 0 Å². The lowest BCUT2D eigenvalue weighted by molar-refractivity contribution is -0.137. The second kappa shape index (κ2) is 14.6. The molecular formula is C23H36N4O9S. The van der Waals surface area contributed by atoms with Gasteiger partial charge in [-0.05, 0) is 25.7 Å². The summed E-state index contributed by atoms with van der Waals surface area (Å²) < 4.78 is 32.2. The van der Waals surface area contributed by atoms with Crippen molar-refractivity contribution in [1.29, 1.82) is 0 Å². The minimum atomic E-state index is -4.67. The minimum absolute atomic E-state index is 0.0832. The molecule has 208 valence electrons. The summed E-state index contributed by atoms with van der Waals surface area (Å²) in [6, 6.07) is -3.59. The van der Waals surface area contributed by atoms with E-state index in [9.17, 15) is 41.7 Å². The molecule has 1 aliphatic heterocycles. The second-order valence-corrected chi connectivity index (χ2v) is 10.6. The summed E-state index contributed by atoms with van der Waals surface area (Å²) in [5.74, 6) is -4.87. The van der Waals surface area contributed by atoms with Crippen molar-refractivity contribution in [3.05, 3.63) is 12.2 Å². The largest absolute Gasteiger partial charge is 0.345 e. The molecule has 0 unspecified atom stereocenters. The highest BCUT2D eigenvalue weighted by Crippen LogP contribution is 2.09. The number of hydrogen-bond acceptors (Lipinski definition) is 8. The van der Waals surface area contributed by atoms with E-state index in [0.29, 0.717) is 19.3 Å². The van der Waals surface area contributed by atoms with Crippen molar-refractivity contribution in [2.24, 2.45) is 5.92 Å². The van der Waals surface area contributed by atoms with Gasteiger partial charge in [-0.3, -0.25) is 38.2 Å². The molecule has 13 nitrogen and oxygen atoms in total. The number of rotatable bonds is 16. The zero-order valence-electron chi connectivity index (χ0n) is 21.5. The van der Waals surface area contributed by atoms with E-state index in [4.69, 9.17) is 0 Å². The Kier molecular flexibility index (Phi) is 12.6. The lowest BCUT2D eigenvalue weighted by atomic mass is 10.0. The van der Waals surface area contributed by atoms with Gasteiger partial charge in [-0.1, -0.05) is 27.2 Å². The number of ketones is 1. The number of hydrogen-bond donors (Lipinski definition) is 4. The fourth-order valence-electron chi connectivity index (χ4n) is 3.52. The molecule has 14 heteroatoms. The zero-order chi connectivity index (χ0) is 28.3. The summed E-state index contributed by atoms with van der Waals surface area (Å²) in [5.41, 5.74) is 0. The third-order valence-corrected chi connectivity index (χ3v) is 6.41. The van der Waals surface area contributed by atoms with Gasteiger partial charge >= 0.3 is 0 Å². The van der Waals surface area contributed by atoms with Crippen molar-refractivity contribution < 1.29 is 41.7 Å². The predicted octanol–water partition coefficient (Wildman–Crippen LogP) is -0.531. The highest BCUT2D eigenvalue weighted by atomic mass is 32.2. The van der Waals surface area contributed by atoms with Crippen LogP contribution in [0.2, 0.25) is 0 Å². The summed E-state index contributed by atoms with van der Waals surface area (Å²) in [6.45, 7) is 6.60. The molecule has 0 bridgehead atoms. The molecule has 0 saturated heterocycles. The van der Waals surface area contributed by atoms with Gasteiger partial charge in [0, 0.05) is 31.5 Å². The van der Waals surface area contributed by atoms with E-state index < -0.39 is 69.5 Å². The van der Waals surface area contributed by atoms with E-state index in [-0.39, 0.29) is 25.2 Å². The highest BCUT2D eigenvalue weighted by Gasteiger charge is 2.32. The van der Waals surface area contributed by atoms with Crippen LogP contribution in [0.25, 0.3) is 0 Å². The molecule has 1 aliphatic rings. The van der Waals surface area contributed by atoms with Gasteiger partial charge in [0.2, 0.25) is 17.7 Å². The summed E-state index contributed by atoms with van der Waals surface area (Å²) in [4.78, 5) is 73.7. The van der Waals surface area contributed by atoms with E-state index in [1.807, 2.05) is 0 Å². The van der Waals surface area contributed by atoms with Gasteiger partial charge < -0.3 is 16.0 Å². The fraction of sp³-hybridized carbons (Fsp3) is 0.652. The first-order chi connectivity index (χ1) is 17.2. The van der Waals surface area contributed by atoms with Crippen LogP contribution in [0.4, 0.5) is 0 Å². The summed E-state index contributed by atoms with van der Waals surface area (Å²) in [7, 11) is -4.67. The average molecular weight is 545 g/mol. The Labute approximate surface area is 216 Å². The maximum absolute atomic E-state index is 12.8. The monoisotopic (exact) mass is 544 g/mol. The molecule has 0 aromatic carbocycles. The first-order valence-corrected chi connectivity index (χ1v) is 13.7. The van der Waals surface area contributed by atoms with E-state index in [1.165, 1.54) is 19.1 Å². The lowest BCUT2D eigenvalue weighted by Crippen LogP contribution is -2.58. The number of Topliss-reactive ketones (excluding diaryl/α,β-unsaturated/α-hetero) is 1. The smallest absolute Gasteiger partial charge is 0.267 e. The van der Waals surface area contributed by atoms with E-state index in [1.54, 1.807) is 20.8 Å². The molecule has 0 aliphatic carbocycles. The quantitative estimate of drug-likeness (QED) is 0.112. The molecule has 0 aromatic rings. The van der Waals surface area contributed by atoms with E-state index in [0.717, 1.165) is 4.90 Å². The van der Waals surface area contributed by atoms with Crippen molar-refractivity contribution in [2.75, 3.05) is 12.3 Å². The molecule has 0 aromatic heterocycles. The van der Waals surface area contributed by atoms with Crippen LogP contribution in [0.15, 0.2) is 12.2 Å². The first kappa shape index (κ1) is 31.9. The Morgan fingerprint density at radius 1 is 0.919 bits per heavy atom. The van der Waals surface area contributed by atoms with Crippen LogP contribution < -0.4 is 16.0 Å². The molecule has 0 radical (unpaired) electrons. The highest BCUT2D eigenvalue weighted by molar-refractivity contribution is 7.85. The third kappa shape index (κ3) is 11.2. The Balaban J connectivity index is 2.70. The Morgan fingerprint density at radius 2 is 1.51 bits per heavy atom. The third-order valence-electron chi connectivity index (χ3n) is 5.65. The molecule has 0 spiro atoms. The molecule has 37 heavy (non-hydrogen) atoms. The number of imide groups is 1. The van der Waals surface area contributed by atoms with Crippen LogP contribution in [-0.2, 0) is 38.9 Å². The summed E-state index contributed by atoms with van der Waals surface area (Å²) in [6.07, 6.45) is 3.73. The summed E-state index contributed by atoms with van der Waals surface area (Å²) >= 11 is 0. The maximum atomic E-state index is 12.8. The number of carbonyl (C=O) groups is 6. The number of amides is 5. The van der Waals surface area contributed by atoms with Crippen LogP contribution in [0.1, 0.15) is 59.8 Å². The molecule has 0 fully saturated rings. The lowest BCUT2D eigenvalue weighted by Gasteiger charge is -2.26.